The number of nitrogen functional groups attached to an aromatic ring is 1. The summed E-state index contributed by atoms with van der Waals surface area (Å²) in [5.74, 6) is 0.462. The fourth-order valence-electron chi connectivity index (χ4n) is 1.57. The van der Waals surface area contributed by atoms with E-state index in [0.29, 0.717) is 12.4 Å². The first-order valence-corrected chi connectivity index (χ1v) is 5.44. The third-order valence-corrected chi connectivity index (χ3v) is 2.46. The number of benzene rings is 1. The number of aromatic nitrogens is 1. The minimum absolute atomic E-state index is 0.438. The molecule has 1 aromatic heterocycles. The first kappa shape index (κ1) is 11.4. The van der Waals surface area contributed by atoms with Gasteiger partial charge in [-0.2, -0.15) is 0 Å². The molecule has 0 aliphatic heterocycles. The summed E-state index contributed by atoms with van der Waals surface area (Å²) in [5.41, 5.74) is 7.31. The molecule has 88 valence electrons. The van der Waals surface area contributed by atoms with Crippen molar-refractivity contribution in [1.29, 1.82) is 0 Å². The molecular formula is C13H15N3O. The van der Waals surface area contributed by atoms with Gasteiger partial charge in [-0.05, 0) is 11.6 Å². The predicted molar refractivity (Wildman–Crippen MR) is 68.5 cm³/mol. The van der Waals surface area contributed by atoms with Crippen molar-refractivity contribution in [2.24, 2.45) is 0 Å². The second-order valence-electron chi connectivity index (χ2n) is 3.78. The van der Waals surface area contributed by atoms with E-state index in [1.807, 2.05) is 36.4 Å². The maximum atomic E-state index is 9.94. The van der Waals surface area contributed by atoms with Gasteiger partial charge in [-0.3, -0.25) is 0 Å². The number of aliphatic hydroxyl groups excluding tert-OH is 1. The average molecular weight is 229 g/mol. The van der Waals surface area contributed by atoms with Crippen molar-refractivity contribution in [1.82, 2.24) is 4.98 Å². The van der Waals surface area contributed by atoms with Crippen molar-refractivity contribution in [3.05, 3.63) is 54.2 Å². The third-order valence-electron chi connectivity index (χ3n) is 2.46. The molecule has 1 heterocycles. The Hall–Kier alpha value is -2.07. The average Bonchev–Trinajstić information content (AvgIpc) is 2.37. The van der Waals surface area contributed by atoms with Gasteiger partial charge in [0, 0.05) is 24.5 Å². The van der Waals surface area contributed by atoms with Crippen LogP contribution in [0.25, 0.3) is 0 Å². The molecule has 2 aromatic rings. The minimum atomic E-state index is -0.536. The van der Waals surface area contributed by atoms with Gasteiger partial charge in [-0.1, -0.05) is 30.3 Å². The number of aliphatic hydroxyl groups is 1. The lowest BCUT2D eigenvalue weighted by Crippen LogP contribution is -2.12. The van der Waals surface area contributed by atoms with E-state index >= 15 is 0 Å². The number of nitrogens with zero attached hydrogens (tertiary/aromatic N) is 1. The molecule has 2 rings (SSSR count). The molecule has 4 N–H and O–H groups in total. The maximum absolute atomic E-state index is 9.94. The van der Waals surface area contributed by atoms with E-state index in [1.165, 1.54) is 0 Å². The van der Waals surface area contributed by atoms with Crippen LogP contribution < -0.4 is 11.1 Å². The predicted octanol–water partition coefficient (Wildman–Crippen LogP) is 1.81. The Morgan fingerprint density at radius 1 is 1.24 bits per heavy atom. The first-order valence-electron chi connectivity index (χ1n) is 5.44. The van der Waals surface area contributed by atoms with Crippen LogP contribution in [0.5, 0.6) is 0 Å². The summed E-state index contributed by atoms with van der Waals surface area (Å²) < 4.78 is 0. The summed E-state index contributed by atoms with van der Waals surface area (Å²) in [5, 5.41) is 13.1. The van der Waals surface area contributed by atoms with Crippen LogP contribution in [0.2, 0.25) is 0 Å². The van der Waals surface area contributed by atoms with E-state index < -0.39 is 6.10 Å². The Morgan fingerprint density at radius 2 is 2.00 bits per heavy atom. The molecule has 0 spiro atoms. The molecule has 0 radical (unpaired) electrons. The zero-order valence-electron chi connectivity index (χ0n) is 9.38. The van der Waals surface area contributed by atoms with Gasteiger partial charge in [0.05, 0.1) is 6.10 Å². The summed E-state index contributed by atoms with van der Waals surface area (Å²) in [7, 11) is 0. The van der Waals surface area contributed by atoms with Gasteiger partial charge in [0.2, 0.25) is 0 Å². The van der Waals surface area contributed by atoms with Crippen molar-refractivity contribution in [2.75, 3.05) is 17.6 Å². The number of nitrogens with two attached hydrogens (primary N) is 1. The minimum Gasteiger partial charge on any atom is -0.387 e. The summed E-state index contributed by atoms with van der Waals surface area (Å²) >= 11 is 0. The molecule has 0 aliphatic rings. The van der Waals surface area contributed by atoms with Crippen LogP contribution in [0.4, 0.5) is 11.5 Å². The highest BCUT2D eigenvalue weighted by Gasteiger charge is 2.06. The summed E-state index contributed by atoms with van der Waals surface area (Å²) in [6.45, 7) is 0.438. The Bertz CT molecular complexity index is 473. The van der Waals surface area contributed by atoms with Crippen molar-refractivity contribution in [2.45, 2.75) is 6.10 Å². The molecule has 0 amide bonds. The van der Waals surface area contributed by atoms with Gasteiger partial charge in [0.25, 0.3) is 0 Å². The Balaban J connectivity index is 1.95. The molecule has 0 bridgehead atoms. The quantitative estimate of drug-likeness (QED) is 0.747. The van der Waals surface area contributed by atoms with Crippen LogP contribution in [0.3, 0.4) is 0 Å². The Kier molecular flexibility index (Phi) is 3.57. The normalized spacial score (nSPS) is 12.1. The third kappa shape index (κ3) is 3.19. The molecule has 17 heavy (non-hydrogen) atoms. The van der Waals surface area contributed by atoms with Crippen molar-refractivity contribution < 1.29 is 5.11 Å². The molecule has 1 aromatic carbocycles. The molecule has 0 saturated carbocycles. The molecule has 0 aliphatic carbocycles. The first-order chi connectivity index (χ1) is 8.25. The van der Waals surface area contributed by atoms with Crippen LogP contribution >= 0.6 is 0 Å². The van der Waals surface area contributed by atoms with Gasteiger partial charge in [-0.15, -0.1) is 0 Å². The fourth-order valence-corrected chi connectivity index (χ4v) is 1.57. The van der Waals surface area contributed by atoms with Gasteiger partial charge < -0.3 is 16.2 Å². The number of hydrogen-bond donors (Lipinski definition) is 3. The van der Waals surface area contributed by atoms with Crippen LogP contribution in [0, 0.1) is 0 Å². The highest BCUT2D eigenvalue weighted by molar-refractivity contribution is 5.49. The number of rotatable bonds is 4. The standard InChI is InChI=1S/C13H15N3O/c14-13-8-11(6-7-15-13)16-9-12(17)10-4-2-1-3-5-10/h1-8,12,17H,9H2,(H3,14,15,16). The summed E-state index contributed by atoms with van der Waals surface area (Å²) in [6.07, 6.45) is 1.10. The second-order valence-corrected chi connectivity index (χ2v) is 3.78. The van der Waals surface area contributed by atoms with E-state index in [0.717, 1.165) is 11.3 Å². The van der Waals surface area contributed by atoms with Crippen molar-refractivity contribution in [3.8, 4) is 0 Å². The lowest BCUT2D eigenvalue weighted by atomic mass is 10.1. The number of pyridine rings is 1. The zero-order chi connectivity index (χ0) is 12.1. The number of anilines is 2. The molecule has 0 saturated heterocycles. The van der Waals surface area contributed by atoms with Crippen LogP contribution in [-0.2, 0) is 0 Å². The molecule has 4 nitrogen and oxygen atoms in total. The summed E-state index contributed by atoms with van der Waals surface area (Å²) in [6, 6.07) is 13.1. The van der Waals surface area contributed by atoms with Crippen molar-refractivity contribution >= 4 is 11.5 Å². The van der Waals surface area contributed by atoms with Gasteiger partial charge in [0.15, 0.2) is 0 Å². The van der Waals surface area contributed by atoms with E-state index in [9.17, 15) is 5.11 Å². The van der Waals surface area contributed by atoms with E-state index in [2.05, 4.69) is 10.3 Å². The molecule has 1 atom stereocenters. The topological polar surface area (TPSA) is 71.2 Å². The molecule has 0 fully saturated rings. The molecule has 1 unspecified atom stereocenters. The van der Waals surface area contributed by atoms with Crippen LogP contribution in [-0.4, -0.2) is 16.6 Å². The van der Waals surface area contributed by atoms with Crippen LogP contribution in [0.1, 0.15) is 11.7 Å². The lowest BCUT2D eigenvalue weighted by molar-refractivity contribution is 0.191. The second kappa shape index (κ2) is 5.32. The Morgan fingerprint density at radius 3 is 2.71 bits per heavy atom. The SMILES string of the molecule is Nc1cc(NCC(O)c2ccccc2)ccn1. The Labute approximate surface area is 100 Å². The zero-order valence-corrected chi connectivity index (χ0v) is 9.38. The van der Waals surface area contributed by atoms with Gasteiger partial charge >= 0.3 is 0 Å². The van der Waals surface area contributed by atoms with Crippen LogP contribution in [0.15, 0.2) is 48.7 Å². The number of hydrogen-bond acceptors (Lipinski definition) is 4. The monoisotopic (exact) mass is 229 g/mol. The smallest absolute Gasteiger partial charge is 0.125 e. The van der Waals surface area contributed by atoms with Gasteiger partial charge in [0.1, 0.15) is 5.82 Å². The van der Waals surface area contributed by atoms with E-state index in [4.69, 9.17) is 5.73 Å². The molecule has 4 heteroatoms. The highest BCUT2D eigenvalue weighted by atomic mass is 16.3. The summed E-state index contributed by atoms with van der Waals surface area (Å²) in [4.78, 5) is 3.90. The van der Waals surface area contributed by atoms with E-state index in [-0.39, 0.29) is 0 Å². The van der Waals surface area contributed by atoms with Crippen molar-refractivity contribution in [3.63, 3.8) is 0 Å². The highest BCUT2D eigenvalue weighted by Crippen LogP contribution is 2.14. The lowest BCUT2D eigenvalue weighted by Gasteiger charge is -2.13. The fraction of sp³-hybridized carbons (Fsp3) is 0.154. The van der Waals surface area contributed by atoms with Gasteiger partial charge in [-0.25, -0.2) is 4.98 Å². The van der Waals surface area contributed by atoms with E-state index in [1.54, 1.807) is 12.3 Å². The largest absolute Gasteiger partial charge is 0.387 e. The number of nitrogens with one attached hydrogen (secondary N) is 1. The molecular weight excluding hydrogens is 214 g/mol. The maximum Gasteiger partial charge on any atom is 0.125 e.